The van der Waals surface area contributed by atoms with Crippen molar-refractivity contribution in [2.45, 2.75) is 0 Å². The Hall–Kier alpha value is -2.63. The van der Waals surface area contributed by atoms with Crippen molar-refractivity contribution in [3.05, 3.63) is 75.3 Å². The minimum Gasteiger partial charge on any atom is -0.465 e. The molecule has 0 spiro atoms. The maximum absolute atomic E-state index is 12.0. The van der Waals surface area contributed by atoms with Crippen LogP contribution >= 0.6 is 23.2 Å². The maximum Gasteiger partial charge on any atom is 0.337 e. The van der Waals surface area contributed by atoms with Gasteiger partial charge in [0.15, 0.2) is 12.4 Å². The third-order valence-electron chi connectivity index (χ3n) is 3.33. The van der Waals surface area contributed by atoms with Gasteiger partial charge in [-0.25, -0.2) is 9.59 Å². The summed E-state index contributed by atoms with van der Waals surface area (Å²) in [5.41, 5.74) is 1.39. The highest BCUT2D eigenvalue weighted by molar-refractivity contribution is 6.42. The Kier molecular flexibility index (Phi) is 6.95. The van der Waals surface area contributed by atoms with Crippen molar-refractivity contribution in [1.82, 2.24) is 0 Å². The Morgan fingerprint density at radius 2 is 1.62 bits per heavy atom. The fraction of sp³-hybridized carbons (Fsp3) is 0.105. The fourth-order valence-electron chi connectivity index (χ4n) is 1.95. The molecule has 2 rings (SSSR count). The quantitative estimate of drug-likeness (QED) is 0.418. The fourth-order valence-corrected chi connectivity index (χ4v) is 2.25. The predicted octanol–water partition coefficient (Wildman–Crippen LogP) is 4.22. The minimum atomic E-state index is -0.671. The molecule has 5 nitrogen and oxygen atoms in total. The van der Waals surface area contributed by atoms with E-state index in [-0.39, 0.29) is 5.02 Å². The summed E-state index contributed by atoms with van der Waals surface area (Å²) in [5.74, 6) is -1.51. The summed E-state index contributed by atoms with van der Waals surface area (Å²) in [7, 11) is 1.30. The van der Waals surface area contributed by atoms with Crippen molar-refractivity contribution < 1.29 is 23.9 Å². The van der Waals surface area contributed by atoms with E-state index in [9.17, 15) is 14.4 Å². The molecule has 7 heteroatoms. The second kappa shape index (κ2) is 9.17. The molecule has 0 aliphatic heterocycles. The largest absolute Gasteiger partial charge is 0.465 e. The van der Waals surface area contributed by atoms with E-state index in [0.29, 0.717) is 21.7 Å². The van der Waals surface area contributed by atoms with Gasteiger partial charge in [0.2, 0.25) is 0 Å². The molecule has 0 radical (unpaired) electrons. The zero-order valence-electron chi connectivity index (χ0n) is 13.7. The van der Waals surface area contributed by atoms with Crippen LogP contribution in [0.1, 0.15) is 26.3 Å². The number of carbonyl (C=O) groups excluding carboxylic acids is 3. The van der Waals surface area contributed by atoms with Crippen LogP contribution in [0.4, 0.5) is 0 Å². The molecule has 0 heterocycles. The van der Waals surface area contributed by atoms with Gasteiger partial charge in [0.05, 0.1) is 22.7 Å². The second-order valence-corrected chi connectivity index (χ2v) is 5.92. The molecule has 0 amide bonds. The van der Waals surface area contributed by atoms with Gasteiger partial charge in [0.25, 0.3) is 0 Å². The van der Waals surface area contributed by atoms with Gasteiger partial charge in [0.1, 0.15) is 0 Å². The lowest BCUT2D eigenvalue weighted by atomic mass is 10.1. The van der Waals surface area contributed by atoms with Gasteiger partial charge in [-0.1, -0.05) is 35.3 Å². The van der Waals surface area contributed by atoms with Crippen molar-refractivity contribution in [3.63, 3.8) is 0 Å². The van der Waals surface area contributed by atoms with Gasteiger partial charge in [0, 0.05) is 11.6 Å². The van der Waals surface area contributed by atoms with Crippen molar-refractivity contribution in [3.8, 4) is 0 Å². The molecule has 0 N–H and O–H groups in total. The summed E-state index contributed by atoms with van der Waals surface area (Å²) in [6.45, 7) is -0.414. The molecule has 0 aliphatic carbocycles. The van der Waals surface area contributed by atoms with Crippen LogP contribution in [-0.4, -0.2) is 31.4 Å². The molecule has 134 valence electrons. The van der Waals surface area contributed by atoms with Crippen molar-refractivity contribution in [2.75, 3.05) is 13.7 Å². The molecular formula is C19H14Cl2O5. The summed E-state index contributed by atoms with van der Waals surface area (Å²) in [4.78, 5) is 35.0. The first kappa shape index (κ1) is 19.7. The van der Waals surface area contributed by atoms with E-state index in [2.05, 4.69) is 4.74 Å². The number of ketones is 1. The normalized spacial score (nSPS) is 10.6. The van der Waals surface area contributed by atoms with Gasteiger partial charge in [-0.05, 0) is 42.0 Å². The summed E-state index contributed by atoms with van der Waals surface area (Å²) >= 11 is 11.6. The molecule has 0 aliphatic rings. The SMILES string of the molecule is COC(=O)c1ccc(/C=C/C(=O)OCC(=O)c2ccc(Cl)c(Cl)c2)cc1. The number of esters is 2. The lowest BCUT2D eigenvalue weighted by Crippen LogP contribution is -2.12. The van der Waals surface area contributed by atoms with E-state index < -0.39 is 24.3 Å². The van der Waals surface area contributed by atoms with E-state index >= 15 is 0 Å². The molecule has 0 aromatic heterocycles. The van der Waals surface area contributed by atoms with Crippen LogP contribution in [-0.2, 0) is 14.3 Å². The number of hydrogen-bond acceptors (Lipinski definition) is 5. The van der Waals surface area contributed by atoms with Crippen LogP contribution in [0, 0.1) is 0 Å². The Morgan fingerprint density at radius 1 is 0.962 bits per heavy atom. The Bertz CT molecular complexity index is 857. The summed E-state index contributed by atoms with van der Waals surface area (Å²) < 4.78 is 9.50. The zero-order valence-corrected chi connectivity index (χ0v) is 15.2. The van der Waals surface area contributed by atoms with Crippen LogP contribution < -0.4 is 0 Å². The Morgan fingerprint density at radius 3 is 2.23 bits per heavy atom. The first-order chi connectivity index (χ1) is 12.4. The minimum absolute atomic E-state index is 0.249. The smallest absolute Gasteiger partial charge is 0.337 e. The monoisotopic (exact) mass is 392 g/mol. The van der Waals surface area contributed by atoms with Gasteiger partial charge in [-0.3, -0.25) is 4.79 Å². The van der Waals surface area contributed by atoms with Crippen LogP contribution in [0.25, 0.3) is 6.08 Å². The summed E-state index contributed by atoms with van der Waals surface area (Å²) in [5, 5.41) is 0.584. The maximum atomic E-state index is 12.0. The van der Waals surface area contributed by atoms with E-state index in [1.54, 1.807) is 24.3 Å². The number of ether oxygens (including phenoxy) is 2. The highest BCUT2D eigenvalue weighted by Crippen LogP contribution is 2.22. The summed E-state index contributed by atoms with van der Waals surface area (Å²) in [6, 6.07) is 10.9. The van der Waals surface area contributed by atoms with E-state index in [0.717, 1.165) is 0 Å². The van der Waals surface area contributed by atoms with Gasteiger partial charge >= 0.3 is 11.9 Å². The Balaban J connectivity index is 1.89. The first-order valence-electron chi connectivity index (χ1n) is 7.42. The van der Waals surface area contributed by atoms with Crippen LogP contribution in [0.2, 0.25) is 10.0 Å². The van der Waals surface area contributed by atoms with Crippen LogP contribution in [0.5, 0.6) is 0 Å². The number of methoxy groups -OCH3 is 1. The molecule has 0 saturated carbocycles. The molecular weight excluding hydrogens is 379 g/mol. The third-order valence-corrected chi connectivity index (χ3v) is 4.07. The molecule has 0 unspecified atom stereocenters. The average molecular weight is 393 g/mol. The molecule has 26 heavy (non-hydrogen) atoms. The highest BCUT2D eigenvalue weighted by atomic mass is 35.5. The number of halogens is 2. The number of carbonyl (C=O) groups is 3. The molecule has 0 atom stereocenters. The van der Waals surface area contributed by atoms with E-state index in [4.69, 9.17) is 27.9 Å². The van der Waals surface area contributed by atoms with Crippen molar-refractivity contribution >= 4 is 47.0 Å². The van der Waals surface area contributed by atoms with Gasteiger partial charge in [-0.2, -0.15) is 0 Å². The topological polar surface area (TPSA) is 69.7 Å². The number of hydrogen-bond donors (Lipinski definition) is 0. The number of benzene rings is 2. The molecule has 0 saturated heterocycles. The number of rotatable bonds is 6. The number of Topliss-reactive ketones (excluding diaryl/α,β-unsaturated/α-hetero) is 1. The first-order valence-corrected chi connectivity index (χ1v) is 8.18. The Labute approximate surface area is 160 Å². The van der Waals surface area contributed by atoms with Crippen LogP contribution in [0.3, 0.4) is 0 Å². The summed E-state index contributed by atoms with van der Waals surface area (Å²) in [6.07, 6.45) is 2.70. The second-order valence-electron chi connectivity index (χ2n) is 5.11. The van der Waals surface area contributed by atoms with Crippen molar-refractivity contribution in [1.29, 1.82) is 0 Å². The lowest BCUT2D eigenvalue weighted by Gasteiger charge is -2.03. The molecule has 2 aromatic rings. The molecule has 0 bridgehead atoms. The molecule has 0 fully saturated rings. The standard InChI is InChI=1S/C19H14Cl2O5/c1-25-19(24)13-5-2-12(3-6-13)4-9-18(23)26-11-17(22)14-7-8-15(20)16(21)10-14/h2-10H,11H2,1H3/b9-4+. The van der Waals surface area contributed by atoms with E-state index in [1.165, 1.54) is 37.5 Å². The molecule has 2 aromatic carbocycles. The van der Waals surface area contributed by atoms with E-state index in [1.807, 2.05) is 0 Å². The predicted molar refractivity (Wildman–Crippen MR) is 98.6 cm³/mol. The lowest BCUT2D eigenvalue weighted by molar-refractivity contribution is -0.136. The highest BCUT2D eigenvalue weighted by Gasteiger charge is 2.10. The van der Waals surface area contributed by atoms with Crippen molar-refractivity contribution in [2.24, 2.45) is 0 Å². The van der Waals surface area contributed by atoms with Gasteiger partial charge < -0.3 is 9.47 Å². The third kappa shape index (κ3) is 5.44. The average Bonchev–Trinajstić information content (AvgIpc) is 2.66. The zero-order chi connectivity index (χ0) is 19.1. The van der Waals surface area contributed by atoms with Gasteiger partial charge in [-0.15, -0.1) is 0 Å². The van der Waals surface area contributed by atoms with Crippen LogP contribution in [0.15, 0.2) is 48.5 Å².